The van der Waals surface area contributed by atoms with E-state index in [0.29, 0.717) is 11.9 Å². The van der Waals surface area contributed by atoms with Gasteiger partial charge in [-0.15, -0.1) is 0 Å². The van der Waals surface area contributed by atoms with Crippen LogP contribution in [0.1, 0.15) is 36.3 Å². The Hall–Kier alpha value is -1.88. The number of nitrogens with zero attached hydrogens (tertiary/aromatic N) is 3. The van der Waals surface area contributed by atoms with Crippen LogP contribution in [-0.2, 0) is 0 Å². The molecule has 22 heavy (non-hydrogen) atoms. The second-order valence-corrected chi connectivity index (χ2v) is 6.39. The van der Waals surface area contributed by atoms with Gasteiger partial charge in [0.15, 0.2) is 5.82 Å². The molecule has 0 spiro atoms. The summed E-state index contributed by atoms with van der Waals surface area (Å²) in [6, 6.07) is 8.33. The van der Waals surface area contributed by atoms with Crippen molar-refractivity contribution in [2.75, 3.05) is 26.2 Å². The van der Waals surface area contributed by atoms with E-state index < -0.39 is 0 Å². The van der Waals surface area contributed by atoms with Crippen LogP contribution in [0, 0.1) is 0 Å². The Morgan fingerprint density at radius 3 is 2.77 bits per heavy atom. The summed E-state index contributed by atoms with van der Waals surface area (Å²) in [7, 11) is 0. The van der Waals surface area contributed by atoms with Crippen molar-refractivity contribution in [2.24, 2.45) is 0 Å². The van der Waals surface area contributed by atoms with Gasteiger partial charge in [-0.25, -0.2) is 4.98 Å². The number of carbonyl (C=O) groups is 1. The van der Waals surface area contributed by atoms with E-state index in [1.807, 2.05) is 29.2 Å². The summed E-state index contributed by atoms with van der Waals surface area (Å²) in [5.41, 5.74) is 1.79. The molecule has 5 nitrogen and oxygen atoms in total. The van der Waals surface area contributed by atoms with Crippen molar-refractivity contribution in [2.45, 2.75) is 31.7 Å². The van der Waals surface area contributed by atoms with Gasteiger partial charge in [0.25, 0.3) is 5.91 Å². The first-order valence-corrected chi connectivity index (χ1v) is 8.29. The van der Waals surface area contributed by atoms with E-state index >= 15 is 0 Å². The maximum absolute atomic E-state index is 12.7. The molecule has 1 aromatic heterocycles. The van der Waals surface area contributed by atoms with E-state index in [2.05, 4.69) is 14.9 Å². The summed E-state index contributed by atoms with van der Waals surface area (Å²) in [5, 5.41) is 0. The minimum Gasteiger partial charge on any atom is -0.334 e. The van der Waals surface area contributed by atoms with Crippen molar-refractivity contribution in [1.82, 2.24) is 19.8 Å². The van der Waals surface area contributed by atoms with Gasteiger partial charge in [-0.3, -0.25) is 9.69 Å². The summed E-state index contributed by atoms with van der Waals surface area (Å²) < 4.78 is 0. The molecule has 3 heterocycles. The van der Waals surface area contributed by atoms with Crippen LogP contribution < -0.4 is 0 Å². The average molecular weight is 298 g/mol. The minimum absolute atomic E-state index is 0.0377. The number of benzene rings is 1. The van der Waals surface area contributed by atoms with Gasteiger partial charge in [0.2, 0.25) is 0 Å². The lowest BCUT2D eigenvalue weighted by Gasteiger charge is -2.32. The van der Waals surface area contributed by atoms with Crippen LogP contribution in [0.3, 0.4) is 0 Å². The minimum atomic E-state index is 0.0377. The summed E-state index contributed by atoms with van der Waals surface area (Å²) in [6.45, 7) is 4.07. The van der Waals surface area contributed by atoms with Gasteiger partial charge in [0.1, 0.15) is 0 Å². The van der Waals surface area contributed by atoms with E-state index in [-0.39, 0.29) is 5.91 Å². The molecule has 116 valence electrons. The summed E-state index contributed by atoms with van der Waals surface area (Å²) in [5.74, 6) is 0.510. The molecular formula is C17H22N4O. The topological polar surface area (TPSA) is 52.2 Å². The standard InChI is InChI=1S/C17H22N4O/c22-17(16-18-14-6-2-3-7-15(14)19-16)21-11-8-13(12-21)20-9-4-1-5-10-20/h2-3,6-7,13H,1,4-5,8-12H2,(H,18,19)/t13-/m0/s1. The van der Waals surface area contributed by atoms with Crippen LogP contribution in [0.25, 0.3) is 11.0 Å². The molecule has 0 radical (unpaired) electrons. The maximum atomic E-state index is 12.7. The van der Waals surface area contributed by atoms with Crippen molar-refractivity contribution in [3.05, 3.63) is 30.1 Å². The third-order valence-corrected chi connectivity index (χ3v) is 4.95. The van der Waals surface area contributed by atoms with Crippen molar-refractivity contribution in [3.8, 4) is 0 Å². The normalized spacial score (nSPS) is 23.3. The molecule has 1 N–H and O–H groups in total. The Kier molecular flexibility index (Phi) is 3.58. The first kappa shape index (κ1) is 13.8. The number of aromatic nitrogens is 2. The zero-order chi connectivity index (χ0) is 14.9. The van der Waals surface area contributed by atoms with E-state index in [1.165, 1.54) is 32.4 Å². The highest BCUT2D eigenvalue weighted by Crippen LogP contribution is 2.21. The fraction of sp³-hybridized carbons (Fsp3) is 0.529. The van der Waals surface area contributed by atoms with Crippen molar-refractivity contribution in [1.29, 1.82) is 0 Å². The highest BCUT2D eigenvalue weighted by Gasteiger charge is 2.32. The second-order valence-electron chi connectivity index (χ2n) is 6.39. The third-order valence-electron chi connectivity index (χ3n) is 4.95. The van der Waals surface area contributed by atoms with Gasteiger partial charge < -0.3 is 9.88 Å². The Morgan fingerprint density at radius 1 is 1.14 bits per heavy atom. The summed E-state index contributed by atoms with van der Waals surface area (Å²) in [6.07, 6.45) is 5.04. The number of hydrogen-bond acceptors (Lipinski definition) is 3. The quantitative estimate of drug-likeness (QED) is 0.925. The molecule has 4 rings (SSSR count). The number of para-hydroxylation sites is 2. The number of fused-ring (bicyclic) bond motifs is 1. The number of likely N-dealkylation sites (tertiary alicyclic amines) is 2. The van der Waals surface area contributed by atoms with Crippen LogP contribution in [0.2, 0.25) is 0 Å². The predicted octanol–water partition coefficient (Wildman–Crippen LogP) is 2.26. The SMILES string of the molecule is O=C(c1nc2ccccc2[nH]1)N1CC[C@H](N2CCCCC2)C1. The molecule has 0 unspecified atom stereocenters. The summed E-state index contributed by atoms with van der Waals surface area (Å²) in [4.78, 5) is 24.8. The lowest BCUT2D eigenvalue weighted by atomic mass is 10.1. The zero-order valence-corrected chi connectivity index (χ0v) is 12.8. The molecule has 2 saturated heterocycles. The number of carbonyl (C=O) groups excluding carboxylic acids is 1. The largest absolute Gasteiger partial charge is 0.334 e. The molecule has 5 heteroatoms. The second kappa shape index (κ2) is 5.72. The van der Waals surface area contributed by atoms with Crippen LogP contribution in [0.15, 0.2) is 24.3 Å². The number of amides is 1. The highest BCUT2D eigenvalue weighted by atomic mass is 16.2. The average Bonchev–Trinajstić information content (AvgIpc) is 3.22. The Bertz CT molecular complexity index is 641. The number of nitrogens with one attached hydrogen (secondary N) is 1. The molecule has 2 aliphatic rings. The van der Waals surface area contributed by atoms with Gasteiger partial charge in [-0.2, -0.15) is 0 Å². The maximum Gasteiger partial charge on any atom is 0.289 e. The molecule has 1 atom stereocenters. The predicted molar refractivity (Wildman–Crippen MR) is 85.8 cm³/mol. The fourth-order valence-corrected chi connectivity index (χ4v) is 3.71. The van der Waals surface area contributed by atoms with Crippen molar-refractivity contribution in [3.63, 3.8) is 0 Å². The Morgan fingerprint density at radius 2 is 1.95 bits per heavy atom. The number of aromatic amines is 1. The number of H-pyrrole nitrogens is 1. The van der Waals surface area contributed by atoms with Crippen LogP contribution in [-0.4, -0.2) is 57.9 Å². The smallest absolute Gasteiger partial charge is 0.289 e. The molecule has 0 saturated carbocycles. The molecule has 1 amide bonds. The lowest BCUT2D eigenvalue weighted by molar-refractivity contribution is 0.0761. The number of rotatable bonds is 2. The molecule has 2 aliphatic heterocycles. The van der Waals surface area contributed by atoms with E-state index in [4.69, 9.17) is 0 Å². The fourth-order valence-electron chi connectivity index (χ4n) is 3.71. The molecule has 2 fully saturated rings. The van der Waals surface area contributed by atoms with E-state index in [1.54, 1.807) is 0 Å². The van der Waals surface area contributed by atoms with Crippen LogP contribution >= 0.6 is 0 Å². The Labute approximate surface area is 130 Å². The third kappa shape index (κ3) is 2.50. The lowest BCUT2D eigenvalue weighted by Crippen LogP contribution is -2.41. The summed E-state index contributed by atoms with van der Waals surface area (Å²) >= 11 is 0. The number of hydrogen-bond donors (Lipinski definition) is 1. The molecule has 1 aromatic carbocycles. The zero-order valence-electron chi connectivity index (χ0n) is 12.8. The van der Waals surface area contributed by atoms with E-state index in [0.717, 1.165) is 30.5 Å². The van der Waals surface area contributed by atoms with Crippen LogP contribution in [0.5, 0.6) is 0 Å². The van der Waals surface area contributed by atoms with Crippen LogP contribution in [0.4, 0.5) is 0 Å². The Balaban J connectivity index is 1.46. The molecular weight excluding hydrogens is 276 g/mol. The molecule has 0 bridgehead atoms. The number of imidazole rings is 1. The van der Waals surface area contributed by atoms with Gasteiger partial charge in [-0.1, -0.05) is 18.6 Å². The van der Waals surface area contributed by atoms with E-state index in [9.17, 15) is 4.79 Å². The first-order chi connectivity index (χ1) is 10.8. The van der Waals surface area contributed by atoms with Crippen molar-refractivity contribution < 1.29 is 4.79 Å². The molecule has 2 aromatic rings. The number of piperidine rings is 1. The first-order valence-electron chi connectivity index (χ1n) is 8.29. The van der Waals surface area contributed by atoms with Gasteiger partial charge in [-0.05, 0) is 44.5 Å². The highest BCUT2D eigenvalue weighted by molar-refractivity contribution is 5.94. The molecule has 0 aliphatic carbocycles. The van der Waals surface area contributed by atoms with Gasteiger partial charge in [0, 0.05) is 19.1 Å². The van der Waals surface area contributed by atoms with Gasteiger partial charge >= 0.3 is 0 Å². The van der Waals surface area contributed by atoms with Gasteiger partial charge in [0.05, 0.1) is 11.0 Å². The van der Waals surface area contributed by atoms with Crippen molar-refractivity contribution >= 4 is 16.9 Å². The monoisotopic (exact) mass is 298 g/mol.